The lowest BCUT2D eigenvalue weighted by atomic mass is 10.0. The first-order chi connectivity index (χ1) is 12.4. The molecule has 0 aromatic heterocycles. The molecule has 3 rings (SSSR count). The summed E-state index contributed by atoms with van der Waals surface area (Å²) in [7, 11) is 3.03. The smallest absolute Gasteiger partial charge is 0.325 e. The lowest BCUT2D eigenvalue weighted by Gasteiger charge is -2.26. The van der Waals surface area contributed by atoms with Crippen LogP contribution in [0.4, 0.5) is 10.5 Å². The van der Waals surface area contributed by atoms with Gasteiger partial charge in [-0.05, 0) is 25.1 Å². The number of hydrogen-bond donors (Lipinski definition) is 1. The first-order valence-corrected chi connectivity index (χ1v) is 9.02. The van der Waals surface area contributed by atoms with Crippen molar-refractivity contribution in [1.29, 1.82) is 0 Å². The standard InChI is InChI=1S/C18H18N4O3S/c1-11-4-6-12(7-5-11)20-14(23)10-26-13-8-9-19-16-15(13)17(24)22(3)18(25)21(16)2/h4-9,15H,10H2,1-3H3/p+1. The van der Waals surface area contributed by atoms with E-state index >= 15 is 0 Å². The molecule has 2 aliphatic heterocycles. The van der Waals surface area contributed by atoms with Gasteiger partial charge in [0, 0.05) is 10.6 Å². The molecule has 1 aromatic rings. The summed E-state index contributed by atoms with van der Waals surface area (Å²) in [6, 6.07) is 7.12. The molecule has 26 heavy (non-hydrogen) atoms. The first kappa shape index (κ1) is 18.1. The molecule has 0 radical (unpaired) electrons. The van der Waals surface area contributed by atoms with Gasteiger partial charge in [0.2, 0.25) is 5.91 Å². The van der Waals surface area contributed by atoms with Crippen LogP contribution in [-0.2, 0) is 9.59 Å². The van der Waals surface area contributed by atoms with Crippen LogP contribution in [0.25, 0.3) is 0 Å². The normalized spacial score (nSPS) is 19.4. The van der Waals surface area contributed by atoms with Crippen LogP contribution in [0.15, 0.2) is 40.2 Å². The van der Waals surface area contributed by atoms with E-state index in [4.69, 9.17) is 0 Å². The summed E-state index contributed by atoms with van der Waals surface area (Å²) in [4.78, 5) is 42.7. The number of fused-ring (bicyclic) bond motifs is 1. The predicted octanol–water partition coefficient (Wildman–Crippen LogP) is 1.88. The third-order valence-corrected chi connectivity index (χ3v) is 5.30. The van der Waals surface area contributed by atoms with Crippen LogP contribution < -0.4 is 5.32 Å². The maximum absolute atomic E-state index is 12.5. The van der Waals surface area contributed by atoms with Crippen molar-refractivity contribution in [2.45, 2.75) is 6.92 Å². The van der Waals surface area contributed by atoms with E-state index in [0.717, 1.165) is 16.2 Å². The summed E-state index contributed by atoms with van der Waals surface area (Å²) in [5.41, 5.74) is 1.84. The zero-order chi connectivity index (χ0) is 18.8. The Kier molecular flexibility index (Phi) is 5.03. The van der Waals surface area contributed by atoms with E-state index < -0.39 is 11.9 Å². The summed E-state index contributed by atoms with van der Waals surface area (Å²) in [5.74, 6) is -0.596. The quantitative estimate of drug-likeness (QED) is 0.820. The van der Waals surface area contributed by atoms with E-state index in [2.05, 4.69) is 10.3 Å². The van der Waals surface area contributed by atoms with Crippen LogP contribution in [0, 0.1) is 12.8 Å². The fourth-order valence-corrected chi connectivity index (χ4v) is 3.62. The van der Waals surface area contributed by atoms with Crippen LogP contribution >= 0.6 is 11.8 Å². The number of aryl methyl sites for hydroxylation is 1. The molecule has 0 spiro atoms. The predicted molar refractivity (Wildman–Crippen MR) is 102 cm³/mol. The van der Waals surface area contributed by atoms with Gasteiger partial charge in [-0.1, -0.05) is 17.7 Å². The number of imide groups is 1. The van der Waals surface area contributed by atoms with Crippen molar-refractivity contribution in [2.24, 2.45) is 10.9 Å². The number of hydrogen-bond acceptors (Lipinski definition) is 5. The Bertz CT molecular complexity index is 871. The molecule has 1 unspecified atom stereocenters. The molecule has 8 heteroatoms. The average Bonchev–Trinajstić information content (AvgIpc) is 2.64. The van der Waals surface area contributed by atoms with Crippen molar-refractivity contribution in [1.82, 2.24) is 4.90 Å². The molecule has 0 aliphatic carbocycles. The Morgan fingerprint density at radius 3 is 2.69 bits per heavy atom. The second-order valence-corrected chi connectivity index (χ2v) is 7.13. The highest BCUT2D eigenvalue weighted by Crippen LogP contribution is 2.31. The molecule has 0 saturated carbocycles. The van der Waals surface area contributed by atoms with Crippen LogP contribution in [0.5, 0.6) is 0 Å². The monoisotopic (exact) mass is 371 g/mol. The lowest BCUT2D eigenvalue weighted by Crippen LogP contribution is -2.52. The highest BCUT2D eigenvalue weighted by atomic mass is 32.2. The summed E-state index contributed by atoms with van der Waals surface area (Å²) >= 11 is 1.27. The van der Waals surface area contributed by atoms with Crippen LogP contribution in [0.3, 0.4) is 0 Å². The van der Waals surface area contributed by atoms with Gasteiger partial charge in [-0.2, -0.15) is 9.48 Å². The van der Waals surface area contributed by atoms with Gasteiger partial charge < -0.3 is 5.32 Å². The number of thioether (sulfide) groups is 1. The molecule has 1 atom stereocenters. The van der Waals surface area contributed by atoms with Crippen LogP contribution in [0.2, 0.25) is 0 Å². The Balaban J connectivity index is 1.70. The zero-order valence-electron chi connectivity index (χ0n) is 14.7. The van der Waals surface area contributed by atoms with E-state index in [1.165, 1.54) is 23.4 Å². The van der Waals surface area contributed by atoms with Gasteiger partial charge in [0.1, 0.15) is 6.21 Å². The third kappa shape index (κ3) is 3.45. The van der Waals surface area contributed by atoms with Gasteiger partial charge in [0.05, 0.1) is 19.8 Å². The largest absolute Gasteiger partial charge is 0.445 e. The average molecular weight is 371 g/mol. The lowest BCUT2D eigenvalue weighted by molar-refractivity contribution is -0.407. The molecular weight excluding hydrogens is 352 g/mol. The highest BCUT2D eigenvalue weighted by Gasteiger charge is 2.47. The van der Waals surface area contributed by atoms with Crippen molar-refractivity contribution >= 4 is 47.3 Å². The van der Waals surface area contributed by atoms with Gasteiger partial charge in [-0.25, -0.2) is 4.79 Å². The fourth-order valence-electron chi connectivity index (χ4n) is 2.72. The van der Waals surface area contributed by atoms with Crippen LogP contribution in [-0.4, -0.2) is 59.2 Å². The number of carbonyl (C=O) groups excluding carboxylic acids is 3. The van der Waals surface area contributed by atoms with Crippen LogP contribution in [0.1, 0.15) is 5.56 Å². The second kappa shape index (κ2) is 7.25. The summed E-state index contributed by atoms with van der Waals surface area (Å²) in [6.45, 7) is 1.98. The van der Waals surface area contributed by atoms with E-state index in [9.17, 15) is 14.4 Å². The number of nitrogens with zero attached hydrogens (tertiary/aromatic N) is 3. The number of nitrogens with one attached hydrogen (secondary N) is 1. The van der Waals surface area contributed by atoms with E-state index in [-0.39, 0.29) is 17.6 Å². The maximum atomic E-state index is 12.5. The summed E-state index contributed by atoms with van der Waals surface area (Å²) in [6.07, 6.45) is 3.27. The van der Waals surface area contributed by atoms with Crippen molar-refractivity contribution < 1.29 is 19.0 Å². The molecule has 1 aromatic carbocycles. The highest BCUT2D eigenvalue weighted by molar-refractivity contribution is 8.03. The molecule has 0 saturated heterocycles. The van der Waals surface area contributed by atoms with Gasteiger partial charge in [-0.15, -0.1) is 16.8 Å². The zero-order valence-corrected chi connectivity index (χ0v) is 15.5. The topological polar surface area (TPSA) is 81.8 Å². The maximum Gasteiger partial charge on any atom is 0.445 e. The number of benzene rings is 1. The number of urea groups is 1. The molecule has 4 amide bonds. The summed E-state index contributed by atoms with van der Waals surface area (Å²) < 4.78 is 1.36. The molecule has 0 fully saturated rings. The first-order valence-electron chi connectivity index (χ1n) is 8.04. The minimum atomic E-state index is -0.648. The molecular formula is C18H19N4O3S+. The van der Waals surface area contributed by atoms with Gasteiger partial charge in [-0.3, -0.25) is 9.59 Å². The SMILES string of the molecule is Cc1ccc(NC(=O)CSC2=CC=NC3=[N+](C)C(=O)N(C)C(=O)C23)cc1. The van der Waals surface area contributed by atoms with Crippen molar-refractivity contribution in [3.05, 3.63) is 40.8 Å². The molecule has 2 aliphatic rings. The second-order valence-electron chi connectivity index (χ2n) is 6.08. The number of allylic oxidation sites excluding steroid dienone is 1. The molecule has 134 valence electrons. The van der Waals surface area contributed by atoms with Crippen molar-refractivity contribution in [3.63, 3.8) is 0 Å². The number of dihydropyridines is 1. The number of aliphatic imine (C=N–C) groups is 1. The minimum Gasteiger partial charge on any atom is -0.325 e. The van der Waals surface area contributed by atoms with E-state index in [1.807, 2.05) is 31.2 Å². The Morgan fingerprint density at radius 1 is 1.31 bits per heavy atom. The number of anilines is 1. The Hall–Kier alpha value is -2.74. The molecule has 0 bridgehead atoms. The van der Waals surface area contributed by atoms with Gasteiger partial charge in [0.25, 0.3) is 5.84 Å². The number of amidine groups is 1. The van der Waals surface area contributed by atoms with Gasteiger partial charge in [0.15, 0.2) is 5.92 Å². The number of amides is 4. The van der Waals surface area contributed by atoms with Crippen molar-refractivity contribution in [3.8, 4) is 0 Å². The number of carbonyl (C=O) groups is 3. The van der Waals surface area contributed by atoms with Crippen molar-refractivity contribution in [2.75, 3.05) is 25.2 Å². The third-order valence-electron chi connectivity index (χ3n) is 4.19. The molecule has 1 N–H and O–H groups in total. The fraction of sp³-hybridized carbons (Fsp3) is 0.278. The number of rotatable bonds is 4. The molecule has 7 nitrogen and oxygen atoms in total. The van der Waals surface area contributed by atoms with E-state index in [1.54, 1.807) is 19.3 Å². The summed E-state index contributed by atoms with van der Waals surface area (Å²) in [5, 5.41) is 2.83. The Labute approximate surface area is 155 Å². The Morgan fingerprint density at radius 2 is 2.00 bits per heavy atom. The molecule has 2 heterocycles. The minimum absolute atomic E-state index is 0.159. The van der Waals surface area contributed by atoms with E-state index in [0.29, 0.717) is 10.7 Å². The van der Waals surface area contributed by atoms with Gasteiger partial charge >= 0.3 is 11.9 Å².